The number of rotatable bonds is 8. The summed E-state index contributed by atoms with van der Waals surface area (Å²) in [7, 11) is 0. The van der Waals surface area contributed by atoms with E-state index in [-0.39, 0.29) is 39.5 Å². The van der Waals surface area contributed by atoms with Crippen LogP contribution in [0.25, 0.3) is 0 Å². The van der Waals surface area contributed by atoms with E-state index in [0.717, 1.165) is 35.1 Å². The second kappa shape index (κ2) is 8.20. The highest BCUT2D eigenvalue weighted by Gasteiger charge is 2.15. The largest absolute Gasteiger partial charge is 0.345 e. The topological polar surface area (TPSA) is 170 Å². The molecule has 0 saturated carbocycles. The third-order valence-corrected chi connectivity index (χ3v) is 4.38. The van der Waals surface area contributed by atoms with Crippen LogP contribution in [-0.4, -0.2) is 31.6 Å². The Morgan fingerprint density at radius 1 is 0.920 bits per heavy atom. The smallest absolute Gasteiger partial charge is 0.302 e. The molecule has 2 aromatic heterocycles. The molecular formula is C11H10N6O6S2. The Morgan fingerprint density at radius 3 is 1.64 bits per heavy atom. The third-order valence-electron chi connectivity index (χ3n) is 2.65. The lowest BCUT2D eigenvalue weighted by Crippen LogP contribution is -2.14. The molecule has 2 heterocycles. The first-order chi connectivity index (χ1) is 11.8. The lowest BCUT2D eigenvalue weighted by Gasteiger charge is -2.02. The van der Waals surface area contributed by atoms with Crippen LogP contribution in [0.2, 0.25) is 0 Å². The SMILES string of the molecule is O=C(CCCC(=O)Nc1ncc([N+](=O)[O-])s1)Nc1ncc([N+](=O)[O-])s1. The van der Waals surface area contributed by atoms with Crippen LogP contribution in [0.15, 0.2) is 12.4 Å². The van der Waals surface area contributed by atoms with Gasteiger partial charge < -0.3 is 10.6 Å². The van der Waals surface area contributed by atoms with Gasteiger partial charge in [0, 0.05) is 12.8 Å². The Balaban J connectivity index is 1.71. The van der Waals surface area contributed by atoms with Gasteiger partial charge in [0.1, 0.15) is 12.4 Å². The summed E-state index contributed by atoms with van der Waals surface area (Å²) in [4.78, 5) is 50.6. The highest BCUT2D eigenvalue weighted by molar-refractivity contribution is 7.19. The first kappa shape index (κ1) is 18.3. The zero-order valence-corrected chi connectivity index (χ0v) is 14.0. The summed E-state index contributed by atoms with van der Waals surface area (Å²) in [5.41, 5.74) is 0. The molecule has 0 aliphatic carbocycles. The fraction of sp³-hybridized carbons (Fsp3) is 0.273. The van der Waals surface area contributed by atoms with Crippen molar-refractivity contribution < 1.29 is 19.4 Å². The van der Waals surface area contributed by atoms with Crippen molar-refractivity contribution >= 4 is 54.8 Å². The number of hydrogen-bond acceptors (Lipinski definition) is 10. The van der Waals surface area contributed by atoms with Gasteiger partial charge in [-0.05, 0) is 29.1 Å². The van der Waals surface area contributed by atoms with Crippen molar-refractivity contribution in [2.75, 3.05) is 10.6 Å². The lowest BCUT2D eigenvalue weighted by atomic mass is 10.2. The van der Waals surface area contributed by atoms with E-state index in [1.807, 2.05) is 0 Å². The zero-order chi connectivity index (χ0) is 18.4. The maximum Gasteiger partial charge on any atom is 0.345 e. The average Bonchev–Trinajstić information content (AvgIpc) is 3.16. The fourth-order valence-electron chi connectivity index (χ4n) is 1.59. The van der Waals surface area contributed by atoms with Crippen molar-refractivity contribution in [3.8, 4) is 0 Å². The van der Waals surface area contributed by atoms with Gasteiger partial charge in [-0.1, -0.05) is 0 Å². The zero-order valence-electron chi connectivity index (χ0n) is 12.3. The molecule has 0 unspecified atom stereocenters. The highest BCUT2D eigenvalue weighted by Crippen LogP contribution is 2.26. The quantitative estimate of drug-likeness (QED) is 0.513. The summed E-state index contributed by atoms with van der Waals surface area (Å²) in [5.74, 6) is -0.858. The number of anilines is 2. The summed E-state index contributed by atoms with van der Waals surface area (Å²) in [6.07, 6.45) is 2.33. The van der Waals surface area contributed by atoms with Crippen LogP contribution >= 0.6 is 22.7 Å². The monoisotopic (exact) mass is 386 g/mol. The van der Waals surface area contributed by atoms with Gasteiger partial charge in [0.25, 0.3) is 0 Å². The van der Waals surface area contributed by atoms with Gasteiger partial charge in [-0.25, -0.2) is 9.97 Å². The number of carbonyl (C=O) groups is 2. The van der Waals surface area contributed by atoms with Gasteiger partial charge in [-0.3, -0.25) is 29.8 Å². The number of carbonyl (C=O) groups excluding carboxylic acids is 2. The second-order valence-electron chi connectivity index (χ2n) is 4.47. The first-order valence-corrected chi connectivity index (χ1v) is 8.28. The van der Waals surface area contributed by atoms with E-state index >= 15 is 0 Å². The van der Waals surface area contributed by atoms with Crippen molar-refractivity contribution in [1.29, 1.82) is 0 Å². The van der Waals surface area contributed by atoms with E-state index in [1.165, 1.54) is 0 Å². The van der Waals surface area contributed by atoms with Crippen LogP contribution in [0.4, 0.5) is 20.3 Å². The van der Waals surface area contributed by atoms with Crippen LogP contribution in [0.3, 0.4) is 0 Å². The Labute approximate surface area is 147 Å². The maximum absolute atomic E-state index is 11.7. The molecule has 0 aromatic carbocycles. The third kappa shape index (κ3) is 5.54. The van der Waals surface area contributed by atoms with Gasteiger partial charge in [0.2, 0.25) is 11.8 Å². The summed E-state index contributed by atoms with van der Waals surface area (Å²) in [6.45, 7) is 0. The minimum Gasteiger partial charge on any atom is -0.302 e. The molecule has 0 saturated heterocycles. The molecule has 0 fully saturated rings. The van der Waals surface area contributed by atoms with Crippen LogP contribution in [-0.2, 0) is 9.59 Å². The number of thiazole rings is 2. The van der Waals surface area contributed by atoms with Crippen molar-refractivity contribution in [2.24, 2.45) is 0 Å². The van der Waals surface area contributed by atoms with Crippen molar-refractivity contribution in [1.82, 2.24) is 9.97 Å². The standard InChI is InChI=1S/C11H10N6O6S2/c18-6(14-10-12-4-8(24-10)16(20)21)2-1-3-7(19)15-11-13-5-9(25-11)17(22)23/h4-5H,1-3H2,(H,12,14,18)(H,13,15,19). The van der Waals surface area contributed by atoms with E-state index in [2.05, 4.69) is 20.6 Å². The minimum absolute atomic E-state index is 0.0127. The van der Waals surface area contributed by atoms with Crippen molar-refractivity contribution in [3.63, 3.8) is 0 Å². The molecule has 2 rings (SSSR count). The molecule has 0 aliphatic rings. The van der Waals surface area contributed by atoms with E-state index in [9.17, 15) is 29.8 Å². The Kier molecular flexibility index (Phi) is 6.02. The van der Waals surface area contributed by atoms with Crippen LogP contribution in [0.5, 0.6) is 0 Å². The lowest BCUT2D eigenvalue weighted by molar-refractivity contribution is -0.380. The molecule has 25 heavy (non-hydrogen) atoms. The number of nitrogens with one attached hydrogen (secondary N) is 2. The Hall–Kier alpha value is -3.00. The molecule has 0 spiro atoms. The van der Waals surface area contributed by atoms with Gasteiger partial charge in [-0.15, -0.1) is 0 Å². The Morgan fingerprint density at radius 2 is 1.32 bits per heavy atom. The van der Waals surface area contributed by atoms with E-state index < -0.39 is 21.7 Å². The van der Waals surface area contributed by atoms with E-state index in [0.29, 0.717) is 0 Å². The van der Waals surface area contributed by atoms with Gasteiger partial charge in [-0.2, -0.15) is 0 Å². The molecule has 132 valence electrons. The van der Waals surface area contributed by atoms with Gasteiger partial charge in [0.15, 0.2) is 10.3 Å². The summed E-state index contributed by atoms with van der Waals surface area (Å²) in [5, 5.41) is 25.7. The van der Waals surface area contributed by atoms with Crippen molar-refractivity contribution in [2.45, 2.75) is 19.3 Å². The molecule has 2 amide bonds. The highest BCUT2D eigenvalue weighted by atomic mass is 32.1. The molecule has 2 aromatic rings. The predicted octanol–water partition coefficient (Wildman–Crippen LogP) is 2.16. The molecule has 0 atom stereocenters. The number of hydrogen-bond donors (Lipinski definition) is 2. The molecule has 0 radical (unpaired) electrons. The number of nitrogens with zero attached hydrogens (tertiary/aromatic N) is 4. The molecule has 14 heteroatoms. The van der Waals surface area contributed by atoms with Gasteiger partial charge in [0.05, 0.1) is 9.85 Å². The molecule has 0 aliphatic heterocycles. The van der Waals surface area contributed by atoms with E-state index in [4.69, 9.17) is 0 Å². The molecule has 0 bridgehead atoms. The molecule has 2 N–H and O–H groups in total. The number of amides is 2. The summed E-state index contributed by atoms with van der Waals surface area (Å²) < 4.78 is 0. The summed E-state index contributed by atoms with van der Waals surface area (Å²) in [6, 6.07) is 0. The van der Waals surface area contributed by atoms with Crippen LogP contribution in [0, 0.1) is 20.2 Å². The second-order valence-corrected chi connectivity index (χ2v) is 6.49. The molecule has 12 nitrogen and oxygen atoms in total. The predicted molar refractivity (Wildman–Crippen MR) is 88.6 cm³/mol. The van der Waals surface area contributed by atoms with E-state index in [1.54, 1.807) is 0 Å². The molecular weight excluding hydrogens is 376 g/mol. The normalized spacial score (nSPS) is 10.2. The Bertz CT molecular complexity index is 751. The number of aromatic nitrogens is 2. The minimum atomic E-state index is -0.611. The average molecular weight is 386 g/mol. The van der Waals surface area contributed by atoms with Crippen LogP contribution in [0.1, 0.15) is 19.3 Å². The summed E-state index contributed by atoms with van der Waals surface area (Å²) >= 11 is 1.46. The fourth-order valence-corrected chi connectivity index (χ4v) is 2.89. The van der Waals surface area contributed by atoms with Crippen molar-refractivity contribution in [3.05, 3.63) is 32.6 Å². The first-order valence-electron chi connectivity index (χ1n) is 6.65. The number of nitro groups is 2. The maximum atomic E-state index is 11.7. The van der Waals surface area contributed by atoms with Crippen LogP contribution < -0.4 is 10.6 Å². The van der Waals surface area contributed by atoms with Gasteiger partial charge >= 0.3 is 10.0 Å².